The molecule has 140 valence electrons. The molecule has 3 aromatic rings. The number of nitrogens with zero attached hydrogens (tertiary/aromatic N) is 1. The highest BCUT2D eigenvalue weighted by Gasteiger charge is 2.17. The van der Waals surface area contributed by atoms with Crippen molar-refractivity contribution in [1.82, 2.24) is 5.32 Å². The molecule has 0 saturated carbocycles. The first-order valence-electron chi connectivity index (χ1n) is 9.44. The fraction of sp³-hybridized carbons (Fsp3) is 0.318. The number of methoxy groups -OCH3 is 1. The van der Waals surface area contributed by atoms with Crippen molar-refractivity contribution < 1.29 is 13.9 Å². The lowest BCUT2D eigenvalue weighted by atomic mass is 10.0. The van der Waals surface area contributed by atoms with Crippen molar-refractivity contribution in [3.05, 3.63) is 59.9 Å². The van der Waals surface area contributed by atoms with Gasteiger partial charge in [-0.1, -0.05) is 30.3 Å². The lowest BCUT2D eigenvalue weighted by molar-refractivity contribution is 0.0927. The van der Waals surface area contributed by atoms with Gasteiger partial charge >= 0.3 is 0 Å². The molecular formula is C22H24N2O3. The molecule has 2 aromatic carbocycles. The SMILES string of the molecule is COc1cccc2cc(C(=O)NCCCN3CCCc4ccccc43)oc12. The normalized spacial score (nSPS) is 13.4. The largest absolute Gasteiger partial charge is 0.493 e. The van der Waals surface area contributed by atoms with Gasteiger partial charge in [-0.3, -0.25) is 4.79 Å². The van der Waals surface area contributed by atoms with Crippen molar-refractivity contribution in [2.75, 3.05) is 31.6 Å². The molecule has 0 radical (unpaired) electrons. The Bertz CT molecular complexity index is 948. The van der Waals surface area contributed by atoms with Crippen molar-refractivity contribution in [2.24, 2.45) is 0 Å². The van der Waals surface area contributed by atoms with Gasteiger partial charge in [0.15, 0.2) is 17.1 Å². The Morgan fingerprint density at radius 3 is 3.00 bits per heavy atom. The number of rotatable bonds is 6. The number of anilines is 1. The minimum Gasteiger partial charge on any atom is -0.493 e. The Morgan fingerprint density at radius 2 is 2.11 bits per heavy atom. The molecule has 27 heavy (non-hydrogen) atoms. The third-order valence-electron chi connectivity index (χ3n) is 5.05. The van der Waals surface area contributed by atoms with Gasteiger partial charge in [0.2, 0.25) is 0 Å². The number of para-hydroxylation sites is 2. The smallest absolute Gasteiger partial charge is 0.287 e. The lowest BCUT2D eigenvalue weighted by Crippen LogP contribution is -2.33. The van der Waals surface area contributed by atoms with E-state index in [1.165, 1.54) is 17.7 Å². The van der Waals surface area contributed by atoms with Gasteiger partial charge in [-0.05, 0) is 43.0 Å². The summed E-state index contributed by atoms with van der Waals surface area (Å²) in [6.45, 7) is 2.63. The second kappa shape index (κ2) is 7.74. The highest BCUT2D eigenvalue weighted by atomic mass is 16.5. The predicted molar refractivity (Wildman–Crippen MR) is 107 cm³/mol. The van der Waals surface area contributed by atoms with Crippen LogP contribution in [0.3, 0.4) is 0 Å². The summed E-state index contributed by atoms with van der Waals surface area (Å²) >= 11 is 0. The van der Waals surface area contributed by atoms with E-state index < -0.39 is 0 Å². The summed E-state index contributed by atoms with van der Waals surface area (Å²) < 4.78 is 11.0. The second-order valence-corrected chi connectivity index (χ2v) is 6.82. The molecule has 0 aliphatic carbocycles. The molecule has 0 fully saturated rings. The quantitative estimate of drug-likeness (QED) is 0.672. The standard InChI is InChI=1S/C22H24N2O3/c1-26-19-11-4-8-17-15-20(27-21(17)19)22(25)23-12-6-14-24-13-5-9-16-7-2-3-10-18(16)24/h2-4,7-8,10-11,15H,5-6,9,12-14H2,1H3,(H,23,25). The molecule has 5 nitrogen and oxygen atoms in total. The van der Waals surface area contributed by atoms with E-state index in [4.69, 9.17) is 9.15 Å². The van der Waals surface area contributed by atoms with Gasteiger partial charge in [0.05, 0.1) is 7.11 Å². The summed E-state index contributed by atoms with van der Waals surface area (Å²) in [4.78, 5) is 14.8. The van der Waals surface area contributed by atoms with E-state index in [0.29, 0.717) is 23.6 Å². The number of aryl methyl sites for hydroxylation is 1. The highest BCUT2D eigenvalue weighted by molar-refractivity contribution is 5.97. The molecule has 1 N–H and O–H groups in total. The summed E-state index contributed by atoms with van der Waals surface area (Å²) in [5.74, 6) is 0.764. The zero-order valence-electron chi connectivity index (χ0n) is 15.5. The maximum Gasteiger partial charge on any atom is 0.287 e. The molecule has 4 rings (SSSR count). The summed E-state index contributed by atoms with van der Waals surface area (Å²) in [7, 11) is 1.59. The van der Waals surface area contributed by atoms with Gasteiger partial charge in [-0.25, -0.2) is 0 Å². The van der Waals surface area contributed by atoms with Crippen LogP contribution in [0.15, 0.2) is 52.9 Å². The van der Waals surface area contributed by atoms with E-state index >= 15 is 0 Å². The maximum absolute atomic E-state index is 12.4. The van der Waals surface area contributed by atoms with Gasteiger partial charge in [-0.15, -0.1) is 0 Å². The third kappa shape index (κ3) is 3.63. The van der Waals surface area contributed by atoms with Crippen LogP contribution in [0.1, 0.15) is 29.0 Å². The van der Waals surface area contributed by atoms with Crippen molar-refractivity contribution in [2.45, 2.75) is 19.3 Å². The maximum atomic E-state index is 12.4. The molecule has 1 aromatic heterocycles. The Morgan fingerprint density at radius 1 is 1.22 bits per heavy atom. The third-order valence-corrected chi connectivity index (χ3v) is 5.05. The van der Waals surface area contributed by atoms with Crippen LogP contribution in [0.4, 0.5) is 5.69 Å². The number of nitrogens with one attached hydrogen (secondary N) is 1. The topological polar surface area (TPSA) is 54.7 Å². The molecule has 0 saturated heterocycles. The highest BCUT2D eigenvalue weighted by Crippen LogP contribution is 2.28. The number of hydrogen-bond acceptors (Lipinski definition) is 4. The second-order valence-electron chi connectivity index (χ2n) is 6.82. The lowest BCUT2D eigenvalue weighted by Gasteiger charge is -2.31. The van der Waals surface area contributed by atoms with E-state index in [1.807, 2.05) is 18.2 Å². The van der Waals surface area contributed by atoms with E-state index in [0.717, 1.165) is 31.3 Å². The average molecular weight is 364 g/mol. The minimum atomic E-state index is -0.188. The molecule has 0 spiro atoms. The van der Waals surface area contributed by atoms with E-state index in [2.05, 4.69) is 34.5 Å². The van der Waals surface area contributed by atoms with Gasteiger partial charge in [-0.2, -0.15) is 0 Å². The first-order valence-corrected chi connectivity index (χ1v) is 9.44. The summed E-state index contributed by atoms with van der Waals surface area (Å²) in [5.41, 5.74) is 3.36. The number of furan rings is 1. The zero-order valence-corrected chi connectivity index (χ0v) is 15.5. The number of amides is 1. The molecule has 0 unspecified atom stereocenters. The number of benzene rings is 2. The molecule has 0 bridgehead atoms. The van der Waals surface area contributed by atoms with E-state index in [-0.39, 0.29) is 5.91 Å². The molecular weight excluding hydrogens is 340 g/mol. The summed E-state index contributed by atoms with van der Waals surface area (Å²) in [6, 6.07) is 16.0. The van der Waals surface area contributed by atoms with Crippen LogP contribution in [0.2, 0.25) is 0 Å². The molecule has 0 atom stereocenters. The van der Waals surface area contributed by atoms with Gasteiger partial charge in [0.1, 0.15) is 0 Å². The summed E-state index contributed by atoms with van der Waals surface area (Å²) in [5, 5.41) is 3.83. The van der Waals surface area contributed by atoms with E-state index in [1.54, 1.807) is 13.2 Å². The number of carbonyl (C=O) groups is 1. The Labute approximate surface area is 158 Å². The monoisotopic (exact) mass is 364 g/mol. The van der Waals surface area contributed by atoms with Crippen molar-refractivity contribution in [3.8, 4) is 5.75 Å². The molecule has 1 aliphatic rings. The number of ether oxygens (including phenoxy) is 1. The van der Waals surface area contributed by atoms with Gasteiger partial charge in [0, 0.05) is 30.7 Å². The molecule has 2 heterocycles. The Kier molecular flexibility index (Phi) is 5.01. The number of carbonyl (C=O) groups excluding carboxylic acids is 1. The minimum absolute atomic E-state index is 0.188. The van der Waals surface area contributed by atoms with Gasteiger partial charge < -0.3 is 19.4 Å². The van der Waals surface area contributed by atoms with Crippen LogP contribution in [0.5, 0.6) is 5.75 Å². The van der Waals surface area contributed by atoms with Gasteiger partial charge in [0.25, 0.3) is 5.91 Å². The van der Waals surface area contributed by atoms with Crippen LogP contribution >= 0.6 is 0 Å². The average Bonchev–Trinajstić information content (AvgIpc) is 3.15. The number of fused-ring (bicyclic) bond motifs is 2. The van der Waals surface area contributed by atoms with Crippen molar-refractivity contribution >= 4 is 22.6 Å². The molecule has 1 amide bonds. The fourth-order valence-corrected chi connectivity index (χ4v) is 3.71. The van der Waals surface area contributed by atoms with Crippen LogP contribution in [-0.4, -0.2) is 32.7 Å². The fourth-order valence-electron chi connectivity index (χ4n) is 3.71. The Balaban J connectivity index is 1.33. The van der Waals surface area contributed by atoms with Crippen LogP contribution in [0, 0.1) is 0 Å². The predicted octanol–water partition coefficient (Wildman–Crippen LogP) is 4.01. The summed E-state index contributed by atoms with van der Waals surface area (Å²) in [6.07, 6.45) is 3.23. The van der Waals surface area contributed by atoms with Crippen molar-refractivity contribution in [3.63, 3.8) is 0 Å². The van der Waals surface area contributed by atoms with Crippen LogP contribution in [0.25, 0.3) is 11.0 Å². The first kappa shape index (κ1) is 17.5. The first-order chi connectivity index (χ1) is 13.3. The Hall–Kier alpha value is -2.95. The molecule has 1 aliphatic heterocycles. The van der Waals surface area contributed by atoms with Crippen molar-refractivity contribution in [1.29, 1.82) is 0 Å². The van der Waals surface area contributed by atoms with Crippen LogP contribution in [-0.2, 0) is 6.42 Å². The van der Waals surface area contributed by atoms with Crippen LogP contribution < -0.4 is 15.0 Å². The molecule has 5 heteroatoms. The van der Waals surface area contributed by atoms with E-state index in [9.17, 15) is 4.79 Å². The zero-order chi connectivity index (χ0) is 18.6. The number of hydrogen-bond donors (Lipinski definition) is 1.